The van der Waals surface area contributed by atoms with Gasteiger partial charge in [0.2, 0.25) is 5.91 Å². The average molecular weight is 336 g/mol. The van der Waals surface area contributed by atoms with Gasteiger partial charge in [0.05, 0.1) is 6.04 Å². The second-order valence-corrected chi connectivity index (χ2v) is 6.98. The van der Waals surface area contributed by atoms with Crippen LogP contribution >= 0.6 is 0 Å². The van der Waals surface area contributed by atoms with Crippen LogP contribution in [0.1, 0.15) is 49.1 Å². The van der Waals surface area contributed by atoms with E-state index in [1.54, 1.807) is 0 Å². The van der Waals surface area contributed by atoms with E-state index < -0.39 is 0 Å². The molecule has 2 aromatic rings. The highest BCUT2D eigenvalue weighted by Gasteiger charge is 2.25. The number of nitrogens with one attached hydrogen (secondary N) is 1. The molecule has 1 aliphatic heterocycles. The van der Waals surface area contributed by atoms with E-state index in [0.29, 0.717) is 0 Å². The van der Waals surface area contributed by atoms with E-state index in [1.165, 1.54) is 22.3 Å². The molecule has 0 bridgehead atoms. The molecule has 3 nitrogen and oxygen atoms in total. The molecule has 0 saturated carbocycles. The van der Waals surface area contributed by atoms with Crippen molar-refractivity contribution in [3.63, 3.8) is 0 Å². The lowest BCUT2D eigenvalue weighted by Gasteiger charge is -2.32. The van der Waals surface area contributed by atoms with Crippen molar-refractivity contribution in [2.75, 3.05) is 6.54 Å². The first kappa shape index (κ1) is 17.7. The Morgan fingerprint density at radius 1 is 1.08 bits per heavy atom. The number of rotatable bonds is 5. The Hall–Kier alpha value is -2.13. The number of hydrogen-bond donors (Lipinski definition) is 1. The van der Waals surface area contributed by atoms with Gasteiger partial charge in [-0.05, 0) is 48.9 Å². The summed E-state index contributed by atoms with van der Waals surface area (Å²) in [6, 6.07) is 17.0. The molecular weight excluding hydrogens is 308 g/mol. The van der Waals surface area contributed by atoms with Crippen LogP contribution in [0.2, 0.25) is 0 Å². The minimum absolute atomic E-state index is 0.155. The third-order valence-electron chi connectivity index (χ3n) is 5.20. The van der Waals surface area contributed by atoms with Gasteiger partial charge in [0.15, 0.2) is 0 Å². The highest BCUT2D eigenvalue weighted by atomic mass is 16.2. The van der Waals surface area contributed by atoms with E-state index in [-0.39, 0.29) is 18.0 Å². The van der Waals surface area contributed by atoms with E-state index >= 15 is 0 Å². The lowest BCUT2D eigenvalue weighted by Crippen LogP contribution is -2.47. The van der Waals surface area contributed by atoms with Crippen molar-refractivity contribution < 1.29 is 4.79 Å². The summed E-state index contributed by atoms with van der Waals surface area (Å²) in [7, 11) is 0. The first-order valence-electron chi connectivity index (χ1n) is 9.29. The van der Waals surface area contributed by atoms with Crippen molar-refractivity contribution in [3.05, 3.63) is 70.8 Å². The maximum atomic E-state index is 12.8. The molecule has 1 amide bonds. The molecule has 0 aromatic heterocycles. The number of carbonyl (C=O) groups excluding carboxylic acids is 1. The summed E-state index contributed by atoms with van der Waals surface area (Å²) in [5, 5.41) is 3.46. The van der Waals surface area contributed by atoms with Gasteiger partial charge in [-0.25, -0.2) is 0 Å². The Labute approximate surface area is 151 Å². The highest BCUT2D eigenvalue weighted by Crippen LogP contribution is 2.20. The fourth-order valence-corrected chi connectivity index (χ4v) is 3.54. The summed E-state index contributed by atoms with van der Waals surface area (Å²) < 4.78 is 0. The fourth-order valence-electron chi connectivity index (χ4n) is 3.54. The van der Waals surface area contributed by atoms with Gasteiger partial charge in [-0.3, -0.25) is 10.1 Å². The zero-order valence-electron chi connectivity index (χ0n) is 15.5. The minimum Gasteiger partial charge on any atom is -0.337 e. The van der Waals surface area contributed by atoms with E-state index in [9.17, 15) is 4.79 Å². The largest absolute Gasteiger partial charge is 0.337 e. The Balaban J connectivity index is 1.60. The number of amides is 1. The number of nitrogens with zero attached hydrogens (tertiary/aromatic N) is 1. The van der Waals surface area contributed by atoms with Crippen LogP contribution in [0.25, 0.3) is 0 Å². The minimum atomic E-state index is -0.189. The van der Waals surface area contributed by atoms with Crippen molar-refractivity contribution in [3.8, 4) is 0 Å². The van der Waals surface area contributed by atoms with Crippen LogP contribution in [-0.2, 0) is 24.2 Å². The molecule has 1 N–H and O–H groups in total. The van der Waals surface area contributed by atoms with Gasteiger partial charge in [-0.2, -0.15) is 0 Å². The lowest BCUT2D eigenvalue weighted by atomic mass is 9.99. The summed E-state index contributed by atoms with van der Waals surface area (Å²) in [5.74, 6) is 0.187. The van der Waals surface area contributed by atoms with Gasteiger partial charge in [-0.1, -0.05) is 55.5 Å². The zero-order chi connectivity index (χ0) is 17.8. The van der Waals surface area contributed by atoms with Crippen molar-refractivity contribution in [2.45, 2.75) is 52.2 Å². The van der Waals surface area contributed by atoms with Crippen LogP contribution in [0.4, 0.5) is 0 Å². The molecule has 0 fully saturated rings. The predicted octanol–water partition coefficient (Wildman–Crippen LogP) is 3.87. The summed E-state index contributed by atoms with van der Waals surface area (Å²) in [6.07, 6.45) is 2.00. The number of benzene rings is 2. The standard InChI is InChI=1S/C22H28N2O/c1-4-18-9-11-19(12-10-18)16(2)23-17(3)22(25)24-14-13-20-7-5-6-8-21(20)15-24/h5-12,16-17,23H,4,13-15H2,1-3H3. The van der Waals surface area contributed by atoms with E-state index in [0.717, 1.165) is 25.9 Å². The van der Waals surface area contributed by atoms with Gasteiger partial charge in [-0.15, -0.1) is 0 Å². The summed E-state index contributed by atoms with van der Waals surface area (Å²) in [5.41, 5.74) is 5.21. The molecule has 132 valence electrons. The Morgan fingerprint density at radius 3 is 2.44 bits per heavy atom. The van der Waals surface area contributed by atoms with Crippen LogP contribution < -0.4 is 5.32 Å². The smallest absolute Gasteiger partial charge is 0.239 e. The molecule has 2 aromatic carbocycles. The van der Waals surface area contributed by atoms with Crippen molar-refractivity contribution in [2.24, 2.45) is 0 Å². The number of aryl methyl sites for hydroxylation is 1. The van der Waals surface area contributed by atoms with Crippen LogP contribution in [-0.4, -0.2) is 23.4 Å². The second kappa shape index (κ2) is 7.83. The first-order valence-corrected chi connectivity index (χ1v) is 9.29. The molecule has 1 aliphatic rings. The Morgan fingerprint density at radius 2 is 1.76 bits per heavy atom. The topological polar surface area (TPSA) is 32.3 Å². The quantitative estimate of drug-likeness (QED) is 0.899. The van der Waals surface area contributed by atoms with Crippen molar-refractivity contribution in [1.29, 1.82) is 0 Å². The van der Waals surface area contributed by atoms with Crippen LogP contribution in [0, 0.1) is 0 Å². The van der Waals surface area contributed by atoms with E-state index in [1.807, 2.05) is 11.8 Å². The summed E-state index contributed by atoms with van der Waals surface area (Å²) >= 11 is 0. The summed E-state index contributed by atoms with van der Waals surface area (Å²) in [6.45, 7) is 7.78. The third kappa shape index (κ3) is 4.10. The van der Waals surface area contributed by atoms with Gasteiger partial charge in [0.1, 0.15) is 0 Å². The van der Waals surface area contributed by atoms with Crippen LogP contribution in [0.5, 0.6) is 0 Å². The maximum absolute atomic E-state index is 12.8. The molecule has 25 heavy (non-hydrogen) atoms. The monoisotopic (exact) mass is 336 g/mol. The normalized spacial score (nSPS) is 16.2. The van der Waals surface area contributed by atoms with Gasteiger partial charge < -0.3 is 4.90 Å². The fraction of sp³-hybridized carbons (Fsp3) is 0.409. The molecule has 3 rings (SSSR count). The van der Waals surface area contributed by atoms with Crippen molar-refractivity contribution in [1.82, 2.24) is 10.2 Å². The SMILES string of the molecule is CCc1ccc(C(C)NC(C)C(=O)N2CCc3ccccc3C2)cc1. The molecule has 0 saturated heterocycles. The molecule has 3 heteroatoms. The molecule has 2 atom stereocenters. The van der Waals surface area contributed by atoms with Crippen LogP contribution in [0.15, 0.2) is 48.5 Å². The maximum Gasteiger partial charge on any atom is 0.239 e. The van der Waals surface area contributed by atoms with Gasteiger partial charge in [0, 0.05) is 19.1 Å². The number of hydrogen-bond acceptors (Lipinski definition) is 2. The molecule has 1 heterocycles. The lowest BCUT2D eigenvalue weighted by molar-refractivity contribution is -0.134. The van der Waals surface area contributed by atoms with Crippen LogP contribution in [0.3, 0.4) is 0 Å². The highest BCUT2D eigenvalue weighted by molar-refractivity contribution is 5.81. The number of carbonyl (C=O) groups is 1. The van der Waals surface area contributed by atoms with Gasteiger partial charge >= 0.3 is 0 Å². The first-order chi connectivity index (χ1) is 12.1. The predicted molar refractivity (Wildman–Crippen MR) is 102 cm³/mol. The zero-order valence-corrected chi connectivity index (χ0v) is 15.5. The second-order valence-electron chi connectivity index (χ2n) is 6.98. The molecule has 2 unspecified atom stereocenters. The Bertz CT molecular complexity index is 723. The molecular formula is C22H28N2O. The molecule has 0 spiro atoms. The number of fused-ring (bicyclic) bond motifs is 1. The van der Waals surface area contributed by atoms with Gasteiger partial charge in [0.25, 0.3) is 0 Å². The van der Waals surface area contributed by atoms with Crippen molar-refractivity contribution >= 4 is 5.91 Å². The average Bonchev–Trinajstić information content (AvgIpc) is 2.67. The third-order valence-corrected chi connectivity index (χ3v) is 5.20. The Kier molecular flexibility index (Phi) is 5.54. The van der Waals surface area contributed by atoms with E-state index in [4.69, 9.17) is 0 Å². The summed E-state index contributed by atoms with van der Waals surface area (Å²) in [4.78, 5) is 14.8. The molecule has 0 radical (unpaired) electrons. The van der Waals surface area contributed by atoms with E-state index in [2.05, 4.69) is 67.7 Å². The molecule has 0 aliphatic carbocycles.